The van der Waals surface area contributed by atoms with E-state index in [4.69, 9.17) is 4.99 Å². The van der Waals surface area contributed by atoms with Gasteiger partial charge in [0.1, 0.15) is 0 Å². The third kappa shape index (κ3) is 3.87. The second-order valence-electron chi connectivity index (χ2n) is 6.84. The van der Waals surface area contributed by atoms with Gasteiger partial charge in [-0.3, -0.25) is 4.98 Å². The van der Waals surface area contributed by atoms with Crippen molar-refractivity contribution < 1.29 is 0 Å². The maximum absolute atomic E-state index is 4.76. The van der Waals surface area contributed by atoms with Gasteiger partial charge in [-0.05, 0) is 37.0 Å². The number of fused-ring (bicyclic) bond motifs is 1. The van der Waals surface area contributed by atoms with Gasteiger partial charge >= 0.3 is 0 Å². The number of aromatic nitrogens is 1. The lowest BCUT2D eigenvalue weighted by Gasteiger charge is -2.45. The van der Waals surface area contributed by atoms with Crippen molar-refractivity contribution in [3.8, 4) is 0 Å². The van der Waals surface area contributed by atoms with Gasteiger partial charge in [-0.2, -0.15) is 0 Å². The number of hydrogen-bond donors (Lipinski definition) is 2. The summed E-state index contributed by atoms with van der Waals surface area (Å²) in [6.45, 7) is 0.593. The molecule has 2 fully saturated rings. The molecule has 130 valence electrons. The average Bonchev–Trinajstić information content (AvgIpc) is 2.67. The molecule has 2 heterocycles. The van der Waals surface area contributed by atoms with Gasteiger partial charge in [-0.25, -0.2) is 4.99 Å². The van der Waals surface area contributed by atoms with Gasteiger partial charge in [-0.1, -0.05) is 52.3 Å². The molecule has 2 aliphatic rings. The molecular weight excluding hydrogens is 376 g/mol. The van der Waals surface area contributed by atoms with Crippen LogP contribution in [-0.4, -0.2) is 21.8 Å². The van der Waals surface area contributed by atoms with Crippen LogP contribution in [0.3, 0.4) is 0 Å². The Bertz CT molecular complexity index is 719. The van der Waals surface area contributed by atoms with Gasteiger partial charge < -0.3 is 10.6 Å². The van der Waals surface area contributed by atoms with Crippen molar-refractivity contribution in [1.82, 2.24) is 15.6 Å². The van der Waals surface area contributed by atoms with E-state index >= 15 is 0 Å². The lowest BCUT2D eigenvalue weighted by molar-refractivity contribution is 0.218. The minimum absolute atomic E-state index is 0.301. The first-order chi connectivity index (χ1) is 12.3. The van der Waals surface area contributed by atoms with Gasteiger partial charge in [0.05, 0.1) is 18.3 Å². The number of nitrogens with one attached hydrogen (secondary N) is 2. The molecule has 0 radical (unpaired) electrons. The predicted octanol–water partition coefficient (Wildman–Crippen LogP) is 3.80. The number of pyridine rings is 1. The van der Waals surface area contributed by atoms with Gasteiger partial charge in [0.2, 0.25) is 0 Å². The Morgan fingerprint density at radius 1 is 1.04 bits per heavy atom. The number of guanidine groups is 1. The molecule has 4 rings (SSSR count). The number of nitrogens with zero attached hydrogens (tertiary/aromatic N) is 2. The molecular formula is C20H23BrN4. The van der Waals surface area contributed by atoms with Crippen molar-refractivity contribution in [3.05, 3.63) is 66.0 Å². The summed E-state index contributed by atoms with van der Waals surface area (Å²) in [5.74, 6) is 1.46. The molecule has 1 aliphatic carbocycles. The lowest BCUT2D eigenvalue weighted by Crippen LogP contribution is -2.59. The SMILES string of the molecule is BrC1CCC2NC(=NCc3ccccn3)NC(c3ccccc3)C2C1. The van der Waals surface area contributed by atoms with Crippen molar-refractivity contribution in [3.63, 3.8) is 0 Å². The van der Waals surface area contributed by atoms with E-state index in [0.29, 0.717) is 29.4 Å². The molecule has 2 N–H and O–H groups in total. The molecule has 1 saturated carbocycles. The lowest BCUT2D eigenvalue weighted by atomic mass is 9.76. The second kappa shape index (κ2) is 7.56. The molecule has 0 amide bonds. The fraction of sp³-hybridized carbons (Fsp3) is 0.400. The van der Waals surface area contributed by atoms with Crippen molar-refractivity contribution in [1.29, 1.82) is 0 Å². The maximum Gasteiger partial charge on any atom is 0.192 e. The first kappa shape index (κ1) is 16.6. The Morgan fingerprint density at radius 3 is 2.68 bits per heavy atom. The Labute approximate surface area is 157 Å². The number of hydrogen-bond acceptors (Lipinski definition) is 2. The summed E-state index contributed by atoms with van der Waals surface area (Å²) in [5, 5.41) is 7.29. The summed E-state index contributed by atoms with van der Waals surface area (Å²) in [7, 11) is 0. The maximum atomic E-state index is 4.76. The molecule has 4 nitrogen and oxygen atoms in total. The summed E-state index contributed by atoms with van der Waals surface area (Å²) in [6.07, 6.45) is 5.38. The molecule has 1 aliphatic heterocycles. The molecule has 1 saturated heterocycles. The van der Waals surface area contributed by atoms with E-state index in [1.54, 1.807) is 0 Å². The summed E-state index contributed by atoms with van der Waals surface area (Å²) in [6, 6.07) is 17.5. The number of aliphatic imine (C=N–C) groups is 1. The topological polar surface area (TPSA) is 49.3 Å². The fourth-order valence-electron chi connectivity index (χ4n) is 3.91. The highest BCUT2D eigenvalue weighted by molar-refractivity contribution is 9.09. The number of alkyl halides is 1. The number of benzene rings is 1. The largest absolute Gasteiger partial charge is 0.353 e. The van der Waals surface area contributed by atoms with E-state index < -0.39 is 0 Å². The van der Waals surface area contributed by atoms with Crippen molar-refractivity contribution in [2.24, 2.45) is 10.9 Å². The predicted molar refractivity (Wildman–Crippen MR) is 105 cm³/mol. The molecule has 0 bridgehead atoms. The third-order valence-corrected chi connectivity index (χ3v) is 5.99. The van der Waals surface area contributed by atoms with Gasteiger partial charge in [0.25, 0.3) is 0 Å². The second-order valence-corrected chi connectivity index (χ2v) is 8.14. The zero-order valence-corrected chi connectivity index (χ0v) is 15.7. The standard InChI is InChI=1S/C20H23BrN4/c21-15-9-10-18-17(12-15)19(14-6-2-1-3-7-14)25-20(24-18)23-13-16-8-4-5-11-22-16/h1-8,11,15,17-19H,9-10,12-13H2,(H2,23,24,25). The number of halogens is 1. The van der Waals surface area contributed by atoms with Crippen LogP contribution in [0, 0.1) is 5.92 Å². The van der Waals surface area contributed by atoms with Crippen LogP contribution in [0.4, 0.5) is 0 Å². The van der Waals surface area contributed by atoms with Crippen molar-refractivity contribution in [2.45, 2.75) is 42.7 Å². The summed E-state index contributed by atoms with van der Waals surface area (Å²) >= 11 is 3.83. The molecule has 0 spiro atoms. The van der Waals surface area contributed by atoms with Gasteiger partial charge in [0, 0.05) is 23.0 Å². The highest BCUT2D eigenvalue weighted by Crippen LogP contribution is 2.39. The van der Waals surface area contributed by atoms with E-state index in [1.807, 2.05) is 24.4 Å². The van der Waals surface area contributed by atoms with Crippen LogP contribution in [0.2, 0.25) is 0 Å². The Kier molecular flexibility index (Phi) is 5.02. The normalized spacial score (nSPS) is 30.2. The molecule has 4 atom stereocenters. The minimum atomic E-state index is 0.301. The van der Waals surface area contributed by atoms with Crippen molar-refractivity contribution in [2.75, 3.05) is 0 Å². The van der Waals surface area contributed by atoms with Gasteiger partial charge in [0.15, 0.2) is 5.96 Å². The van der Waals surface area contributed by atoms with E-state index in [2.05, 4.69) is 61.9 Å². The molecule has 25 heavy (non-hydrogen) atoms. The van der Waals surface area contributed by atoms with Crippen LogP contribution in [0.15, 0.2) is 59.7 Å². The monoisotopic (exact) mass is 398 g/mol. The van der Waals surface area contributed by atoms with Gasteiger partial charge in [-0.15, -0.1) is 0 Å². The molecule has 2 aromatic rings. The van der Waals surface area contributed by atoms with Crippen LogP contribution < -0.4 is 10.6 Å². The van der Waals surface area contributed by atoms with E-state index in [0.717, 1.165) is 11.7 Å². The molecule has 5 heteroatoms. The summed E-state index contributed by atoms with van der Waals surface area (Å²) in [4.78, 5) is 9.73. The van der Waals surface area contributed by atoms with Crippen LogP contribution in [0.5, 0.6) is 0 Å². The highest BCUT2D eigenvalue weighted by Gasteiger charge is 2.39. The molecule has 4 unspecified atom stereocenters. The quantitative estimate of drug-likeness (QED) is 0.772. The smallest absolute Gasteiger partial charge is 0.192 e. The fourth-order valence-corrected chi connectivity index (χ4v) is 4.60. The Morgan fingerprint density at radius 2 is 1.88 bits per heavy atom. The van der Waals surface area contributed by atoms with E-state index in [-0.39, 0.29) is 0 Å². The van der Waals surface area contributed by atoms with E-state index in [9.17, 15) is 0 Å². The Hall–Kier alpha value is -1.88. The van der Waals surface area contributed by atoms with Crippen LogP contribution in [0.1, 0.15) is 36.6 Å². The zero-order chi connectivity index (χ0) is 17.1. The first-order valence-electron chi connectivity index (χ1n) is 8.96. The average molecular weight is 399 g/mol. The van der Waals surface area contributed by atoms with Crippen LogP contribution in [-0.2, 0) is 6.54 Å². The minimum Gasteiger partial charge on any atom is -0.353 e. The summed E-state index contributed by atoms with van der Waals surface area (Å²) < 4.78 is 0. The summed E-state index contributed by atoms with van der Waals surface area (Å²) in [5.41, 5.74) is 2.33. The zero-order valence-electron chi connectivity index (χ0n) is 14.1. The van der Waals surface area contributed by atoms with Crippen molar-refractivity contribution >= 4 is 21.9 Å². The first-order valence-corrected chi connectivity index (χ1v) is 9.87. The Balaban J connectivity index is 1.57. The van der Waals surface area contributed by atoms with Crippen LogP contribution in [0.25, 0.3) is 0 Å². The molecule has 1 aromatic heterocycles. The number of rotatable bonds is 3. The van der Waals surface area contributed by atoms with E-state index in [1.165, 1.54) is 24.8 Å². The van der Waals surface area contributed by atoms with Crippen LogP contribution >= 0.6 is 15.9 Å². The third-order valence-electron chi connectivity index (χ3n) is 5.16. The molecule has 1 aromatic carbocycles. The highest BCUT2D eigenvalue weighted by atomic mass is 79.9.